The number of ether oxygens (including phenoxy) is 1. The molecule has 0 radical (unpaired) electrons. The van der Waals surface area contributed by atoms with Crippen LogP contribution in [0.25, 0.3) is 11.0 Å². The monoisotopic (exact) mass is 249 g/mol. The molecule has 5 heteroatoms. The standard InChI is InChI=1S/C13H15NO4/c1-4-17-13(16)10-9-7(3)8(15)5-6(2)11(9)18-12(10)14/h5,15H,4,14H2,1-3H3. The molecular weight excluding hydrogens is 234 g/mol. The fourth-order valence-corrected chi connectivity index (χ4v) is 2.00. The van der Waals surface area contributed by atoms with Crippen LogP contribution in [0.5, 0.6) is 5.75 Å². The van der Waals surface area contributed by atoms with Crippen molar-refractivity contribution < 1.29 is 19.1 Å². The van der Waals surface area contributed by atoms with Crippen molar-refractivity contribution in [3.63, 3.8) is 0 Å². The van der Waals surface area contributed by atoms with Gasteiger partial charge in [-0.25, -0.2) is 4.79 Å². The van der Waals surface area contributed by atoms with E-state index in [4.69, 9.17) is 14.9 Å². The second-order valence-electron chi connectivity index (χ2n) is 4.10. The van der Waals surface area contributed by atoms with Gasteiger partial charge in [0.1, 0.15) is 16.9 Å². The maximum atomic E-state index is 11.9. The highest BCUT2D eigenvalue weighted by atomic mass is 16.5. The highest BCUT2D eigenvalue weighted by molar-refractivity contribution is 6.10. The van der Waals surface area contributed by atoms with E-state index in [0.717, 1.165) is 5.56 Å². The molecule has 0 atom stereocenters. The van der Waals surface area contributed by atoms with Gasteiger partial charge in [-0.2, -0.15) is 0 Å². The van der Waals surface area contributed by atoms with Crippen molar-refractivity contribution in [2.75, 3.05) is 12.3 Å². The van der Waals surface area contributed by atoms with E-state index in [9.17, 15) is 9.90 Å². The van der Waals surface area contributed by atoms with Crippen LogP contribution in [-0.4, -0.2) is 17.7 Å². The molecule has 0 aliphatic heterocycles. The SMILES string of the molecule is CCOC(=O)c1c(N)oc2c(C)cc(O)c(C)c12. The molecule has 3 N–H and O–H groups in total. The summed E-state index contributed by atoms with van der Waals surface area (Å²) in [5.74, 6) is -0.423. The first-order chi connectivity index (χ1) is 8.47. The fraction of sp³-hybridized carbons (Fsp3) is 0.308. The summed E-state index contributed by atoms with van der Waals surface area (Å²) in [5, 5.41) is 10.3. The number of carbonyl (C=O) groups is 1. The van der Waals surface area contributed by atoms with Gasteiger partial charge in [0.05, 0.1) is 6.61 Å². The van der Waals surface area contributed by atoms with Gasteiger partial charge < -0.3 is 20.0 Å². The Morgan fingerprint density at radius 3 is 2.78 bits per heavy atom. The Balaban J connectivity index is 2.81. The van der Waals surface area contributed by atoms with E-state index in [2.05, 4.69) is 0 Å². The zero-order valence-electron chi connectivity index (χ0n) is 10.5. The molecule has 96 valence electrons. The minimum atomic E-state index is -0.540. The number of rotatable bonds is 2. The number of hydrogen-bond acceptors (Lipinski definition) is 5. The average Bonchev–Trinajstić information content (AvgIpc) is 2.65. The lowest BCUT2D eigenvalue weighted by molar-refractivity contribution is 0.0529. The zero-order chi connectivity index (χ0) is 13.4. The van der Waals surface area contributed by atoms with Crippen LogP contribution in [0.1, 0.15) is 28.4 Å². The molecule has 0 amide bonds. The van der Waals surface area contributed by atoms with Crippen LogP contribution in [0.15, 0.2) is 10.5 Å². The number of hydrogen-bond donors (Lipinski definition) is 2. The Morgan fingerprint density at radius 1 is 1.50 bits per heavy atom. The molecule has 1 aromatic carbocycles. The molecule has 0 unspecified atom stereocenters. The molecular formula is C13H15NO4. The first-order valence-electron chi connectivity index (χ1n) is 5.65. The van der Waals surface area contributed by atoms with Gasteiger partial charge in [-0.3, -0.25) is 0 Å². The van der Waals surface area contributed by atoms with Crippen molar-refractivity contribution in [3.05, 3.63) is 22.8 Å². The molecule has 1 aromatic heterocycles. The Hall–Kier alpha value is -2.17. The van der Waals surface area contributed by atoms with E-state index in [1.54, 1.807) is 26.8 Å². The number of phenolic OH excluding ortho intramolecular Hbond substituents is 1. The van der Waals surface area contributed by atoms with Crippen LogP contribution >= 0.6 is 0 Å². The van der Waals surface area contributed by atoms with E-state index in [-0.39, 0.29) is 23.8 Å². The largest absolute Gasteiger partial charge is 0.508 e. The van der Waals surface area contributed by atoms with Gasteiger partial charge in [0, 0.05) is 10.9 Å². The summed E-state index contributed by atoms with van der Waals surface area (Å²) in [6.07, 6.45) is 0. The van der Waals surface area contributed by atoms with Crippen molar-refractivity contribution in [2.45, 2.75) is 20.8 Å². The van der Waals surface area contributed by atoms with Crippen LogP contribution < -0.4 is 5.73 Å². The second-order valence-corrected chi connectivity index (χ2v) is 4.10. The molecule has 2 aromatic rings. The molecule has 0 aliphatic carbocycles. The highest BCUT2D eigenvalue weighted by Crippen LogP contribution is 2.37. The number of nitrogen functional groups attached to an aromatic ring is 1. The van der Waals surface area contributed by atoms with Crippen LogP contribution in [0, 0.1) is 13.8 Å². The Labute approximate surface area is 104 Å². The molecule has 1 heterocycles. The third-order valence-corrected chi connectivity index (χ3v) is 2.89. The molecule has 5 nitrogen and oxygen atoms in total. The van der Waals surface area contributed by atoms with E-state index >= 15 is 0 Å². The van der Waals surface area contributed by atoms with Crippen molar-refractivity contribution >= 4 is 22.8 Å². The summed E-state index contributed by atoms with van der Waals surface area (Å²) in [6, 6.07) is 1.58. The third-order valence-electron chi connectivity index (χ3n) is 2.89. The van der Waals surface area contributed by atoms with Gasteiger partial charge in [0.25, 0.3) is 0 Å². The predicted octanol–water partition coefficient (Wildman–Crippen LogP) is 2.51. The van der Waals surface area contributed by atoms with E-state index < -0.39 is 5.97 Å². The number of phenols is 1. The first-order valence-corrected chi connectivity index (χ1v) is 5.65. The lowest BCUT2D eigenvalue weighted by Gasteiger charge is -2.05. The lowest BCUT2D eigenvalue weighted by Crippen LogP contribution is -2.06. The molecule has 0 fully saturated rings. The molecule has 2 rings (SSSR count). The van der Waals surface area contributed by atoms with E-state index in [1.807, 2.05) is 0 Å². The number of esters is 1. The number of carbonyl (C=O) groups excluding carboxylic acids is 1. The summed E-state index contributed by atoms with van der Waals surface area (Å²) in [4.78, 5) is 11.9. The smallest absolute Gasteiger partial charge is 0.344 e. The van der Waals surface area contributed by atoms with Gasteiger partial charge in [-0.05, 0) is 32.4 Å². The summed E-state index contributed by atoms with van der Waals surface area (Å²) in [7, 11) is 0. The van der Waals surface area contributed by atoms with Crippen LogP contribution in [-0.2, 0) is 4.74 Å². The number of benzene rings is 1. The van der Waals surface area contributed by atoms with Crippen LogP contribution in [0.3, 0.4) is 0 Å². The van der Waals surface area contributed by atoms with Crippen molar-refractivity contribution in [1.29, 1.82) is 0 Å². The van der Waals surface area contributed by atoms with Crippen molar-refractivity contribution in [3.8, 4) is 5.75 Å². The van der Waals surface area contributed by atoms with E-state index in [0.29, 0.717) is 16.5 Å². The number of fused-ring (bicyclic) bond motifs is 1. The maximum absolute atomic E-state index is 11.9. The number of furan rings is 1. The van der Waals surface area contributed by atoms with Gasteiger partial charge in [0.15, 0.2) is 0 Å². The summed E-state index contributed by atoms with van der Waals surface area (Å²) in [6.45, 7) is 5.45. The van der Waals surface area contributed by atoms with Gasteiger partial charge in [0.2, 0.25) is 5.88 Å². The summed E-state index contributed by atoms with van der Waals surface area (Å²) in [5.41, 5.74) is 7.68. The average molecular weight is 249 g/mol. The fourth-order valence-electron chi connectivity index (χ4n) is 2.00. The third kappa shape index (κ3) is 1.68. The second kappa shape index (κ2) is 4.25. The Kier molecular flexibility index (Phi) is 2.90. The Bertz CT molecular complexity index is 628. The summed E-state index contributed by atoms with van der Waals surface area (Å²) >= 11 is 0. The van der Waals surface area contributed by atoms with Crippen LogP contribution in [0.4, 0.5) is 5.88 Å². The van der Waals surface area contributed by atoms with Gasteiger partial charge >= 0.3 is 5.97 Å². The quantitative estimate of drug-likeness (QED) is 0.799. The summed E-state index contributed by atoms with van der Waals surface area (Å²) < 4.78 is 10.3. The zero-order valence-corrected chi connectivity index (χ0v) is 10.5. The number of aromatic hydroxyl groups is 1. The topological polar surface area (TPSA) is 85.7 Å². The normalized spacial score (nSPS) is 10.8. The number of aryl methyl sites for hydroxylation is 2. The van der Waals surface area contributed by atoms with Crippen LogP contribution in [0.2, 0.25) is 0 Å². The number of anilines is 1. The van der Waals surface area contributed by atoms with E-state index in [1.165, 1.54) is 0 Å². The molecule has 18 heavy (non-hydrogen) atoms. The minimum Gasteiger partial charge on any atom is -0.508 e. The molecule has 0 saturated heterocycles. The van der Waals surface area contributed by atoms with Gasteiger partial charge in [-0.15, -0.1) is 0 Å². The minimum absolute atomic E-state index is 0.0141. The Morgan fingerprint density at radius 2 is 2.17 bits per heavy atom. The molecule has 0 bridgehead atoms. The molecule has 0 spiro atoms. The first kappa shape index (κ1) is 12.3. The maximum Gasteiger partial charge on any atom is 0.344 e. The molecule has 0 aliphatic rings. The van der Waals surface area contributed by atoms with Crippen molar-refractivity contribution in [1.82, 2.24) is 0 Å². The van der Waals surface area contributed by atoms with Crippen molar-refractivity contribution in [2.24, 2.45) is 0 Å². The predicted molar refractivity (Wildman–Crippen MR) is 67.7 cm³/mol. The van der Waals surface area contributed by atoms with Gasteiger partial charge in [-0.1, -0.05) is 0 Å². The lowest BCUT2D eigenvalue weighted by atomic mass is 10.0. The number of nitrogens with two attached hydrogens (primary N) is 1. The molecule has 0 saturated carbocycles. The highest BCUT2D eigenvalue weighted by Gasteiger charge is 2.24.